The van der Waals surface area contributed by atoms with Crippen molar-refractivity contribution >= 4 is 17.7 Å². The van der Waals surface area contributed by atoms with E-state index in [1.165, 1.54) is 4.90 Å². The molecule has 0 spiro atoms. The first-order valence-electron chi connectivity index (χ1n) is 10.5. The lowest BCUT2D eigenvalue weighted by molar-refractivity contribution is -0.127. The van der Waals surface area contributed by atoms with Crippen molar-refractivity contribution in [3.63, 3.8) is 0 Å². The molecule has 0 saturated heterocycles. The summed E-state index contributed by atoms with van der Waals surface area (Å²) in [5.74, 6) is -0.460. The molecule has 0 heterocycles. The van der Waals surface area contributed by atoms with Crippen LogP contribution in [0.15, 0.2) is 78.9 Å². The van der Waals surface area contributed by atoms with Gasteiger partial charge in [-0.25, -0.2) is 4.79 Å². The van der Waals surface area contributed by atoms with Gasteiger partial charge in [0, 0.05) is 5.54 Å². The summed E-state index contributed by atoms with van der Waals surface area (Å²) in [5, 5.41) is 9.91. The molecule has 6 heteroatoms. The van der Waals surface area contributed by atoms with Crippen molar-refractivity contribution in [2.24, 2.45) is 0 Å². The molecule has 166 valence electrons. The maximum absolute atomic E-state index is 13.3. The highest BCUT2D eigenvalue weighted by Crippen LogP contribution is 2.29. The predicted molar refractivity (Wildman–Crippen MR) is 127 cm³/mol. The minimum absolute atomic E-state index is 0.460. The zero-order valence-corrected chi connectivity index (χ0v) is 18.8. The minimum Gasteiger partial charge on any atom is -0.465 e. The first kappa shape index (κ1) is 22.9. The number of rotatable bonds is 6. The van der Waals surface area contributed by atoms with E-state index in [2.05, 4.69) is 10.9 Å². The first-order chi connectivity index (χ1) is 15.2. The lowest BCUT2D eigenvalue weighted by Gasteiger charge is -2.39. The second-order valence-corrected chi connectivity index (χ2v) is 8.65. The van der Waals surface area contributed by atoms with Gasteiger partial charge in [0.15, 0.2) is 0 Å². The van der Waals surface area contributed by atoms with E-state index in [9.17, 15) is 14.7 Å². The largest absolute Gasteiger partial charge is 0.465 e. The third-order valence-corrected chi connectivity index (χ3v) is 5.22. The van der Waals surface area contributed by atoms with Gasteiger partial charge in [-0.3, -0.25) is 20.5 Å². The fourth-order valence-electron chi connectivity index (χ4n) is 3.60. The Hall–Kier alpha value is -3.80. The SMILES string of the molecule is Cc1ccc(-c2ccccc2)cc1NNC(=O)C(c1ccccc1)N(C(=O)O)C(C)(C)C. The highest BCUT2D eigenvalue weighted by atomic mass is 16.4. The number of carbonyl (C=O) groups excluding carboxylic acids is 1. The summed E-state index contributed by atoms with van der Waals surface area (Å²) in [5.41, 5.74) is 9.30. The van der Waals surface area contributed by atoms with Gasteiger partial charge in [-0.15, -0.1) is 0 Å². The molecule has 0 aliphatic carbocycles. The van der Waals surface area contributed by atoms with Crippen molar-refractivity contribution < 1.29 is 14.7 Å². The van der Waals surface area contributed by atoms with E-state index in [1.54, 1.807) is 45.0 Å². The maximum Gasteiger partial charge on any atom is 0.408 e. The molecule has 1 atom stereocenters. The van der Waals surface area contributed by atoms with Crippen molar-refractivity contribution in [1.82, 2.24) is 10.3 Å². The molecule has 0 aliphatic heterocycles. The average molecular weight is 432 g/mol. The van der Waals surface area contributed by atoms with Gasteiger partial charge in [-0.05, 0) is 56.0 Å². The molecular formula is C26H29N3O3. The van der Waals surface area contributed by atoms with E-state index in [4.69, 9.17) is 0 Å². The number of hydrogen-bond donors (Lipinski definition) is 3. The minimum atomic E-state index is -1.16. The van der Waals surface area contributed by atoms with Crippen LogP contribution in [-0.2, 0) is 4.79 Å². The Morgan fingerprint density at radius 1 is 0.875 bits per heavy atom. The van der Waals surface area contributed by atoms with Crippen molar-refractivity contribution in [2.75, 3.05) is 5.43 Å². The van der Waals surface area contributed by atoms with Crippen molar-refractivity contribution in [1.29, 1.82) is 0 Å². The highest BCUT2D eigenvalue weighted by Gasteiger charge is 2.38. The van der Waals surface area contributed by atoms with Crippen molar-refractivity contribution in [3.8, 4) is 11.1 Å². The molecule has 6 nitrogen and oxygen atoms in total. The number of amides is 2. The molecule has 1 unspecified atom stereocenters. The van der Waals surface area contributed by atoms with Crippen molar-refractivity contribution in [3.05, 3.63) is 90.0 Å². The maximum atomic E-state index is 13.3. The number of hydrazine groups is 1. The summed E-state index contributed by atoms with van der Waals surface area (Å²) in [6, 6.07) is 23.8. The summed E-state index contributed by atoms with van der Waals surface area (Å²) in [7, 11) is 0. The van der Waals surface area contributed by atoms with E-state index < -0.39 is 23.6 Å². The van der Waals surface area contributed by atoms with E-state index in [1.807, 2.05) is 61.5 Å². The lowest BCUT2D eigenvalue weighted by atomic mass is 9.98. The smallest absolute Gasteiger partial charge is 0.408 e. The molecule has 2 amide bonds. The van der Waals surface area contributed by atoms with Crippen molar-refractivity contribution in [2.45, 2.75) is 39.3 Å². The van der Waals surface area contributed by atoms with Crippen LogP contribution in [0.1, 0.15) is 37.9 Å². The van der Waals surface area contributed by atoms with Crippen LogP contribution >= 0.6 is 0 Å². The molecule has 3 rings (SSSR count). The van der Waals surface area contributed by atoms with Crippen LogP contribution < -0.4 is 10.9 Å². The lowest BCUT2D eigenvalue weighted by Crippen LogP contribution is -2.52. The topological polar surface area (TPSA) is 81.7 Å². The summed E-state index contributed by atoms with van der Waals surface area (Å²) >= 11 is 0. The highest BCUT2D eigenvalue weighted by molar-refractivity contribution is 5.88. The molecule has 0 radical (unpaired) electrons. The number of hydrogen-bond acceptors (Lipinski definition) is 3. The van der Waals surface area contributed by atoms with Gasteiger partial charge in [-0.2, -0.15) is 0 Å². The summed E-state index contributed by atoms with van der Waals surface area (Å²) < 4.78 is 0. The number of anilines is 1. The van der Waals surface area contributed by atoms with Crippen LogP contribution in [0.2, 0.25) is 0 Å². The monoisotopic (exact) mass is 431 g/mol. The fraction of sp³-hybridized carbons (Fsp3) is 0.231. The molecule has 0 aromatic heterocycles. The number of aryl methyl sites for hydroxylation is 1. The zero-order chi connectivity index (χ0) is 23.3. The Balaban J connectivity index is 1.88. The van der Waals surface area contributed by atoms with Crippen LogP contribution in [-0.4, -0.2) is 27.5 Å². The number of benzene rings is 3. The van der Waals surface area contributed by atoms with E-state index in [0.29, 0.717) is 5.56 Å². The van der Waals surface area contributed by atoms with Gasteiger partial charge in [0.2, 0.25) is 0 Å². The molecule has 3 aromatic carbocycles. The molecule has 3 N–H and O–H groups in total. The third kappa shape index (κ3) is 5.27. The molecule has 0 bridgehead atoms. The average Bonchev–Trinajstić information content (AvgIpc) is 2.76. The van der Waals surface area contributed by atoms with Gasteiger partial charge in [0.1, 0.15) is 6.04 Å². The molecule has 0 saturated carbocycles. The molecule has 32 heavy (non-hydrogen) atoms. The Morgan fingerprint density at radius 3 is 2.03 bits per heavy atom. The Morgan fingerprint density at radius 2 is 1.47 bits per heavy atom. The number of nitrogens with one attached hydrogen (secondary N) is 2. The number of carbonyl (C=O) groups is 2. The van der Waals surface area contributed by atoms with Gasteiger partial charge in [0.05, 0.1) is 5.69 Å². The van der Waals surface area contributed by atoms with Gasteiger partial charge < -0.3 is 5.11 Å². The number of carboxylic acid groups (broad SMARTS) is 1. The molecular weight excluding hydrogens is 402 g/mol. The van der Waals surface area contributed by atoms with Crippen LogP contribution in [0, 0.1) is 6.92 Å². The van der Waals surface area contributed by atoms with E-state index in [0.717, 1.165) is 22.4 Å². The van der Waals surface area contributed by atoms with Gasteiger partial charge >= 0.3 is 6.09 Å². The Bertz CT molecular complexity index is 1080. The third-order valence-electron chi connectivity index (χ3n) is 5.22. The summed E-state index contributed by atoms with van der Waals surface area (Å²) in [6.07, 6.45) is -1.16. The standard InChI is InChI=1S/C26H29N3O3/c1-18-15-16-21(19-11-7-5-8-12-19)17-22(18)27-28-24(30)23(20-13-9-6-10-14-20)29(25(31)32)26(2,3)4/h5-17,23,27H,1-4H3,(H,28,30)(H,31,32). The second-order valence-electron chi connectivity index (χ2n) is 8.65. The Labute approximate surface area is 188 Å². The van der Waals surface area contributed by atoms with Crippen LogP contribution in [0.25, 0.3) is 11.1 Å². The molecule has 3 aromatic rings. The van der Waals surface area contributed by atoms with E-state index >= 15 is 0 Å². The zero-order valence-electron chi connectivity index (χ0n) is 18.8. The predicted octanol–water partition coefficient (Wildman–Crippen LogP) is 5.62. The van der Waals surface area contributed by atoms with Crippen LogP contribution in [0.3, 0.4) is 0 Å². The molecule has 0 aliphatic rings. The quantitative estimate of drug-likeness (QED) is 0.442. The van der Waals surface area contributed by atoms with E-state index in [-0.39, 0.29) is 0 Å². The molecule has 0 fully saturated rings. The van der Waals surface area contributed by atoms with Gasteiger partial charge in [0.25, 0.3) is 5.91 Å². The van der Waals surface area contributed by atoms with Crippen LogP contribution in [0.4, 0.5) is 10.5 Å². The second kappa shape index (κ2) is 9.56. The fourth-order valence-corrected chi connectivity index (χ4v) is 3.60. The number of nitrogens with zero attached hydrogens (tertiary/aromatic N) is 1. The van der Waals surface area contributed by atoms with Gasteiger partial charge in [-0.1, -0.05) is 72.8 Å². The normalized spacial score (nSPS) is 12.0. The summed E-state index contributed by atoms with van der Waals surface area (Å²) in [4.78, 5) is 26.6. The van der Waals surface area contributed by atoms with Crippen LogP contribution in [0.5, 0.6) is 0 Å². The Kier molecular flexibility index (Phi) is 6.83. The summed E-state index contributed by atoms with van der Waals surface area (Å²) in [6.45, 7) is 7.25. The first-order valence-corrected chi connectivity index (χ1v) is 10.5.